The summed E-state index contributed by atoms with van der Waals surface area (Å²) in [6.45, 7) is 6.37. The molecule has 3 amide bonds. The molecule has 2 aliphatic heterocycles. The van der Waals surface area contributed by atoms with Crippen LogP contribution in [0.5, 0.6) is 0 Å². The number of rotatable bonds is 6. The predicted octanol–water partition coefficient (Wildman–Crippen LogP) is 2.28. The first-order chi connectivity index (χ1) is 17.4. The van der Waals surface area contributed by atoms with Gasteiger partial charge in [0.2, 0.25) is 5.91 Å². The Labute approximate surface area is 209 Å². The predicted molar refractivity (Wildman–Crippen MR) is 130 cm³/mol. The molecular formula is C25H29N7O4. The smallest absolute Gasteiger partial charge is 0.308 e. The van der Waals surface area contributed by atoms with Crippen LogP contribution in [0.4, 0.5) is 5.69 Å². The number of carbonyl (C=O) groups is 3. The zero-order valence-corrected chi connectivity index (χ0v) is 20.4. The van der Waals surface area contributed by atoms with Gasteiger partial charge in [0.1, 0.15) is 12.0 Å². The largest absolute Gasteiger partial charge is 0.441 e. The Kier molecular flexibility index (Phi) is 7.36. The molecule has 2 aromatic rings. The summed E-state index contributed by atoms with van der Waals surface area (Å²) < 4.78 is 4.98. The second-order valence-corrected chi connectivity index (χ2v) is 8.58. The molecule has 1 saturated heterocycles. The number of benzene rings is 1. The van der Waals surface area contributed by atoms with Crippen LogP contribution in [0.25, 0.3) is 0 Å². The minimum atomic E-state index is -0.502. The van der Waals surface area contributed by atoms with Gasteiger partial charge in [-0.25, -0.2) is 10.4 Å². The van der Waals surface area contributed by atoms with Gasteiger partial charge < -0.3 is 20.0 Å². The first kappa shape index (κ1) is 24.9. The number of fused-ring (bicyclic) bond motifs is 1. The Bertz CT molecular complexity index is 1210. The second kappa shape index (κ2) is 10.6. The lowest BCUT2D eigenvalue weighted by molar-refractivity contribution is -0.134. The number of nitrogens with one attached hydrogen (secondary N) is 3. The van der Waals surface area contributed by atoms with Crippen LogP contribution in [-0.2, 0) is 9.59 Å². The van der Waals surface area contributed by atoms with Gasteiger partial charge in [-0.3, -0.25) is 19.4 Å². The lowest BCUT2D eigenvalue weighted by atomic mass is 10.0. The molecular weight excluding hydrogens is 462 g/mol. The highest BCUT2D eigenvalue weighted by atomic mass is 16.3. The van der Waals surface area contributed by atoms with E-state index in [-0.39, 0.29) is 42.4 Å². The van der Waals surface area contributed by atoms with Gasteiger partial charge in [-0.2, -0.15) is 5.26 Å². The number of hydrogen-bond acceptors (Lipinski definition) is 8. The van der Waals surface area contributed by atoms with E-state index in [0.717, 1.165) is 18.4 Å². The van der Waals surface area contributed by atoms with E-state index in [1.807, 2.05) is 25.8 Å². The van der Waals surface area contributed by atoms with Gasteiger partial charge in [0, 0.05) is 18.2 Å². The number of carbonyl (C=O) groups excluding carboxylic acids is 3. The Hall–Kier alpha value is -4.17. The molecule has 1 aliphatic carbocycles. The quantitative estimate of drug-likeness (QED) is 0.558. The Morgan fingerprint density at radius 1 is 1.31 bits per heavy atom. The van der Waals surface area contributed by atoms with E-state index < -0.39 is 5.91 Å². The number of nitrogens with zero attached hydrogens (tertiary/aromatic N) is 4. The molecule has 1 saturated carbocycles. The van der Waals surface area contributed by atoms with Crippen molar-refractivity contribution in [3.05, 3.63) is 59.4 Å². The second-order valence-electron chi connectivity index (χ2n) is 8.58. The maximum atomic E-state index is 13.2. The summed E-state index contributed by atoms with van der Waals surface area (Å²) in [5.41, 5.74) is 5.56. The molecule has 1 aromatic heterocycles. The maximum absolute atomic E-state index is 13.2. The SMILES string of the molecule is CC.CC1CN(CNC(=O)c2ncco2)C(=O)C2=CC(c3ccc(C#N)cc3NC(=O)C3CC3)NN21. The van der Waals surface area contributed by atoms with Gasteiger partial charge >= 0.3 is 5.91 Å². The zero-order chi connectivity index (χ0) is 25.8. The molecule has 2 fully saturated rings. The molecule has 11 heteroatoms. The van der Waals surface area contributed by atoms with Crippen molar-refractivity contribution in [2.75, 3.05) is 18.5 Å². The number of hydrazine groups is 1. The van der Waals surface area contributed by atoms with Crippen molar-refractivity contribution < 1.29 is 18.8 Å². The highest BCUT2D eigenvalue weighted by Gasteiger charge is 2.40. The minimum absolute atomic E-state index is 0.0137. The normalized spacial score (nSPS) is 20.5. The van der Waals surface area contributed by atoms with Crippen LogP contribution >= 0.6 is 0 Å². The summed E-state index contributed by atoms with van der Waals surface area (Å²) in [7, 11) is 0. The maximum Gasteiger partial charge on any atom is 0.308 e. The third-order valence-electron chi connectivity index (χ3n) is 6.07. The molecule has 3 heterocycles. The van der Waals surface area contributed by atoms with Crippen molar-refractivity contribution in [3.8, 4) is 6.07 Å². The summed E-state index contributed by atoms with van der Waals surface area (Å²) in [5, 5.41) is 16.7. The average Bonchev–Trinajstić information content (AvgIpc) is 3.41. The van der Waals surface area contributed by atoms with E-state index >= 15 is 0 Å². The molecule has 2 atom stereocenters. The van der Waals surface area contributed by atoms with Crippen molar-refractivity contribution in [1.82, 2.24) is 25.6 Å². The fourth-order valence-electron chi connectivity index (χ4n) is 4.14. The summed E-state index contributed by atoms with van der Waals surface area (Å²) in [6.07, 6.45) is 6.22. The monoisotopic (exact) mass is 491 g/mol. The molecule has 0 spiro atoms. The van der Waals surface area contributed by atoms with Crippen LogP contribution in [0.1, 0.15) is 61.5 Å². The van der Waals surface area contributed by atoms with E-state index in [4.69, 9.17) is 4.42 Å². The molecule has 5 rings (SSSR count). The number of anilines is 1. The molecule has 0 radical (unpaired) electrons. The van der Waals surface area contributed by atoms with Gasteiger partial charge in [-0.15, -0.1) is 0 Å². The lowest BCUT2D eigenvalue weighted by Crippen LogP contribution is -2.57. The van der Waals surface area contributed by atoms with E-state index in [1.54, 1.807) is 29.2 Å². The average molecular weight is 492 g/mol. The molecule has 2 unspecified atom stereocenters. The molecule has 3 aliphatic rings. The number of nitriles is 1. The summed E-state index contributed by atoms with van der Waals surface area (Å²) >= 11 is 0. The van der Waals surface area contributed by atoms with Gasteiger partial charge in [-0.05, 0) is 43.5 Å². The van der Waals surface area contributed by atoms with Crippen LogP contribution in [0.15, 0.2) is 46.8 Å². The molecule has 0 bridgehead atoms. The third kappa shape index (κ3) is 5.08. The van der Waals surface area contributed by atoms with E-state index in [1.165, 1.54) is 12.5 Å². The number of amides is 3. The van der Waals surface area contributed by atoms with Crippen molar-refractivity contribution in [1.29, 1.82) is 5.26 Å². The fraction of sp³-hybridized carbons (Fsp3) is 0.400. The first-order valence-electron chi connectivity index (χ1n) is 12.0. The number of hydrogen-bond donors (Lipinski definition) is 3. The minimum Gasteiger partial charge on any atom is -0.441 e. The Balaban J connectivity index is 0.00000148. The van der Waals surface area contributed by atoms with E-state index in [9.17, 15) is 19.6 Å². The first-order valence-corrected chi connectivity index (χ1v) is 12.0. The molecule has 36 heavy (non-hydrogen) atoms. The van der Waals surface area contributed by atoms with E-state index in [2.05, 4.69) is 27.1 Å². The number of oxazole rings is 1. The van der Waals surface area contributed by atoms with Crippen LogP contribution in [0, 0.1) is 17.2 Å². The van der Waals surface area contributed by atoms with Gasteiger partial charge in [0.25, 0.3) is 11.8 Å². The molecule has 1 aromatic carbocycles. The van der Waals surface area contributed by atoms with Crippen molar-refractivity contribution in [2.45, 2.75) is 45.7 Å². The Morgan fingerprint density at radius 2 is 2.08 bits per heavy atom. The summed E-state index contributed by atoms with van der Waals surface area (Å²) in [5.74, 6) is -0.850. The van der Waals surface area contributed by atoms with Gasteiger partial charge in [0.05, 0.1) is 36.6 Å². The summed E-state index contributed by atoms with van der Waals surface area (Å²) in [4.78, 5) is 43.1. The third-order valence-corrected chi connectivity index (χ3v) is 6.07. The van der Waals surface area contributed by atoms with Crippen LogP contribution < -0.4 is 16.1 Å². The number of piperazine rings is 1. The van der Waals surface area contributed by atoms with Crippen molar-refractivity contribution in [3.63, 3.8) is 0 Å². The number of aromatic nitrogens is 1. The Morgan fingerprint density at radius 3 is 2.75 bits per heavy atom. The molecule has 3 N–H and O–H groups in total. The molecule has 188 valence electrons. The topological polar surface area (TPSA) is 144 Å². The fourth-order valence-corrected chi connectivity index (χ4v) is 4.14. The van der Waals surface area contributed by atoms with Crippen LogP contribution in [0.3, 0.4) is 0 Å². The highest BCUT2D eigenvalue weighted by Crippen LogP contribution is 2.35. The van der Waals surface area contributed by atoms with Crippen molar-refractivity contribution in [2.24, 2.45) is 5.92 Å². The van der Waals surface area contributed by atoms with E-state index in [0.29, 0.717) is 23.5 Å². The van der Waals surface area contributed by atoms with Gasteiger partial charge in [-0.1, -0.05) is 19.9 Å². The standard InChI is InChI=1S/C23H23N7O4.C2H6/c1-13-11-29(12-26-21(32)22-25-6-7-34-22)23(33)19-9-18(28-30(13)19)16-5-2-14(10-24)8-17(16)27-20(31)15-3-4-15;1-2/h2,5-9,13,15,18,28H,3-4,11-12H2,1H3,(H,26,32)(H,27,31);1-2H3. The molecule has 11 nitrogen and oxygen atoms in total. The zero-order valence-electron chi connectivity index (χ0n) is 20.4. The highest BCUT2D eigenvalue weighted by molar-refractivity contribution is 5.96. The lowest BCUT2D eigenvalue weighted by Gasteiger charge is -2.39. The van der Waals surface area contributed by atoms with Crippen LogP contribution in [-0.4, -0.2) is 51.9 Å². The van der Waals surface area contributed by atoms with Gasteiger partial charge in [0.15, 0.2) is 0 Å². The summed E-state index contributed by atoms with van der Waals surface area (Å²) in [6, 6.07) is 6.79. The van der Waals surface area contributed by atoms with Crippen LogP contribution in [0.2, 0.25) is 0 Å². The van der Waals surface area contributed by atoms with Crippen molar-refractivity contribution >= 4 is 23.4 Å².